The van der Waals surface area contributed by atoms with Gasteiger partial charge in [-0.2, -0.15) is 5.26 Å². The van der Waals surface area contributed by atoms with E-state index in [0.717, 1.165) is 5.39 Å². The van der Waals surface area contributed by atoms with E-state index in [1.807, 2.05) is 30.3 Å². The average molecular weight is 334 g/mol. The first kappa shape index (κ1) is 15.1. The lowest BCUT2D eigenvalue weighted by molar-refractivity contribution is -0.139. The Hall–Kier alpha value is -3.40. The van der Waals surface area contributed by atoms with Crippen LogP contribution in [0.3, 0.4) is 0 Å². The average Bonchev–Trinajstić information content (AvgIpc) is 3.01. The van der Waals surface area contributed by atoms with Gasteiger partial charge >= 0.3 is 0 Å². The number of nitrogens with zero attached hydrogens (tertiary/aromatic N) is 4. The van der Waals surface area contributed by atoms with Gasteiger partial charge in [0.25, 0.3) is 0 Å². The van der Waals surface area contributed by atoms with Gasteiger partial charge in [-0.3, -0.25) is 4.79 Å². The van der Waals surface area contributed by atoms with Gasteiger partial charge in [0.1, 0.15) is 17.9 Å². The van der Waals surface area contributed by atoms with Crippen LogP contribution in [0.15, 0.2) is 47.1 Å². The minimum Gasteiger partial charge on any atom is -0.471 e. The minimum absolute atomic E-state index is 0.00769. The molecule has 3 heterocycles. The van der Waals surface area contributed by atoms with Gasteiger partial charge in [-0.15, -0.1) is 0 Å². The smallest absolute Gasteiger partial charge is 0.229 e. The molecule has 1 aromatic carbocycles. The highest BCUT2D eigenvalue weighted by atomic mass is 16.5. The summed E-state index contributed by atoms with van der Waals surface area (Å²) in [7, 11) is 0. The van der Waals surface area contributed by atoms with E-state index in [9.17, 15) is 4.79 Å². The van der Waals surface area contributed by atoms with Gasteiger partial charge < -0.3 is 14.2 Å². The summed E-state index contributed by atoms with van der Waals surface area (Å²) < 4.78 is 10.9. The van der Waals surface area contributed by atoms with Crippen molar-refractivity contribution in [1.82, 2.24) is 15.0 Å². The number of amides is 1. The predicted molar refractivity (Wildman–Crippen MR) is 87.7 cm³/mol. The fourth-order valence-corrected chi connectivity index (χ4v) is 2.72. The molecule has 7 nitrogen and oxygen atoms in total. The first-order valence-electron chi connectivity index (χ1n) is 7.87. The van der Waals surface area contributed by atoms with Crippen molar-refractivity contribution in [2.24, 2.45) is 0 Å². The van der Waals surface area contributed by atoms with Crippen molar-refractivity contribution < 1.29 is 14.1 Å². The zero-order valence-electron chi connectivity index (χ0n) is 13.3. The fourth-order valence-electron chi connectivity index (χ4n) is 2.72. The van der Waals surface area contributed by atoms with E-state index in [1.165, 1.54) is 6.20 Å². The number of fused-ring (bicyclic) bond motifs is 1. The minimum atomic E-state index is -0.0848. The molecule has 4 rings (SSSR count). The quantitative estimate of drug-likeness (QED) is 0.724. The summed E-state index contributed by atoms with van der Waals surface area (Å²) >= 11 is 0. The van der Waals surface area contributed by atoms with Crippen LogP contribution in [0.4, 0.5) is 0 Å². The van der Waals surface area contributed by atoms with Crippen LogP contribution in [0.1, 0.15) is 11.3 Å². The molecular weight excluding hydrogens is 320 g/mol. The molecule has 1 fully saturated rings. The number of hydrogen-bond acceptors (Lipinski definition) is 6. The molecule has 0 saturated carbocycles. The maximum Gasteiger partial charge on any atom is 0.229 e. The van der Waals surface area contributed by atoms with Crippen LogP contribution >= 0.6 is 0 Å². The third-order valence-electron chi connectivity index (χ3n) is 4.12. The van der Waals surface area contributed by atoms with E-state index in [-0.39, 0.29) is 18.4 Å². The lowest BCUT2D eigenvalue weighted by Gasteiger charge is -2.38. The van der Waals surface area contributed by atoms with Gasteiger partial charge in [0.05, 0.1) is 25.1 Å². The van der Waals surface area contributed by atoms with Crippen molar-refractivity contribution in [2.45, 2.75) is 12.5 Å². The summed E-state index contributed by atoms with van der Waals surface area (Å²) in [6.07, 6.45) is 1.59. The van der Waals surface area contributed by atoms with Gasteiger partial charge in [0.2, 0.25) is 11.8 Å². The topological polar surface area (TPSA) is 92.2 Å². The van der Waals surface area contributed by atoms with E-state index in [2.05, 4.69) is 10.1 Å². The number of pyridine rings is 1. The molecule has 1 saturated heterocycles. The molecule has 0 unspecified atom stereocenters. The molecule has 0 bridgehead atoms. The number of para-hydroxylation sites is 1. The van der Waals surface area contributed by atoms with E-state index < -0.39 is 0 Å². The second kappa shape index (κ2) is 6.24. The molecule has 0 aliphatic carbocycles. The summed E-state index contributed by atoms with van der Waals surface area (Å²) in [5.74, 6) is 0.449. The molecule has 0 N–H and O–H groups in total. The Kier molecular flexibility index (Phi) is 3.78. The lowest BCUT2D eigenvalue weighted by Crippen LogP contribution is -2.56. The number of aromatic nitrogens is 2. The molecule has 1 amide bonds. The predicted octanol–water partition coefficient (Wildman–Crippen LogP) is 1.93. The van der Waals surface area contributed by atoms with E-state index in [4.69, 9.17) is 14.5 Å². The van der Waals surface area contributed by atoms with Crippen LogP contribution in [0.5, 0.6) is 5.88 Å². The van der Waals surface area contributed by atoms with Crippen molar-refractivity contribution in [2.75, 3.05) is 13.1 Å². The Morgan fingerprint density at radius 3 is 2.92 bits per heavy atom. The molecule has 0 radical (unpaired) electrons. The number of carbonyl (C=O) groups is 1. The molecule has 7 heteroatoms. The van der Waals surface area contributed by atoms with E-state index in [1.54, 1.807) is 17.0 Å². The lowest BCUT2D eigenvalue weighted by atomic mass is 10.1. The van der Waals surface area contributed by atoms with Crippen molar-refractivity contribution in [3.63, 3.8) is 0 Å². The molecule has 2 aromatic heterocycles. The molecule has 3 aromatic rings. The number of nitriles is 1. The monoisotopic (exact) mass is 334 g/mol. The number of carbonyl (C=O) groups excluding carboxylic acids is 1. The van der Waals surface area contributed by atoms with Crippen molar-refractivity contribution in [3.05, 3.63) is 53.9 Å². The summed E-state index contributed by atoms with van der Waals surface area (Å²) in [4.78, 5) is 18.1. The number of rotatable bonds is 4. The van der Waals surface area contributed by atoms with E-state index in [0.29, 0.717) is 35.8 Å². The van der Waals surface area contributed by atoms with Crippen molar-refractivity contribution >= 4 is 16.9 Å². The SMILES string of the molecule is N#Cc1ccc(OC2CN(C(=O)Cc3noc4ccccc34)C2)nc1. The Bertz CT molecular complexity index is 952. The summed E-state index contributed by atoms with van der Waals surface area (Å²) in [6, 6.07) is 12.8. The highest BCUT2D eigenvalue weighted by molar-refractivity contribution is 5.86. The zero-order valence-corrected chi connectivity index (χ0v) is 13.3. The largest absolute Gasteiger partial charge is 0.471 e. The fraction of sp³-hybridized carbons (Fsp3) is 0.222. The van der Waals surface area contributed by atoms with Gasteiger partial charge in [-0.05, 0) is 18.2 Å². The van der Waals surface area contributed by atoms with Crippen molar-refractivity contribution in [3.8, 4) is 11.9 Å². The maximum atomic E-state index is 12.4. The molecule has 124 valence electrons. The standard InChI is InChI=1S/C18H14N4O3/c19-8-12-5-6-17(20-9-12)24-13-10-22(11-13)18(23)7-15-14-3-1-2-4-16(14)25-21-15/h1-6,9,13H,7,10-11H2. The third kappa shape index (κ3) is 3.02. The Labute approximate surface area is 143 Å². The van der Waals surface area contributed by atoms with Crippen LogP contribution in [0, 0.1) is 11.3 Å². The van der Waals surface area contributed by atoms with Gasteiger partial charge in [0, 0.05) is 17.6 Å². The van der Waals surface area contributed by atoms with Gasteiger partial charge in [-0.25, -0.2) is 4.98 Å². The highest BCUT2D eigenvalue weighted by Crippen LogP contribution is 2.21. The van der Waals surface area contributed by atoms with Crippen LogP contribution < -0.4 is 4.74 Å². The van der Waals surface area contributed by atoms with Gasteiger partial charge in [-0.1, -0.05) is 17.3 Å². The first-order valence-corrected chi connectivity index (χ1v) is 7.87. The molecule has 25 heavy (non-hydrogen) atoms. The molecule has 1 aliphatic rings. The van der Waals surface area contributed by atoms with Crippen LogP contribution in [-0.2, 0) is 11.2 Å². The van der Waals surface area contributed by atoms with E-state index >= 15 is 0 Å². The van der Waals surface area contributed by atoms with Crippen LogP contribution in [0.25, 0.3) is 11.0 Å². The summed E-state index contributed by atoms with van der Waals surface area (Å²) in [5, 5.41) is 13.6. The maximum absolute atomic E-state index is 12.4. The number of ether oxygens (including phenoxy) is 1. The summed E-state index contributed by atoms with van der Waals surface area (Å²) in [5.41, 5.74) is 1.82. The molecule has 0 atom stereocenters. The highest BCUT2D eigenvalue weighted by Gasteiger charge is 2.33. The zero-order chi connectivity index (χ0) is 17.2. The second-order valence-electron chi connectivity index (χ2n) is 5.84. The molecular formula is C18H14N4O3. The number of likely N-dealkylation sites (tertiary alicyclic amines) is 1. The van der Waals surface area contributed by atoms with Gasteiger partial charge in [0.15, 0.2) is 5.58 Å². The summed E-state index contributed by atoms with van der Waals surface area (Å²) in [6.45, 7) is 1.02. The van der Waals surface area contributed by atoms with Crippen LogP contribution in [0.2, 0.25) is 0 Å². The van der Waals surface area contributed by atoms with Crippen LogP contribution in [-0.4, -0.2) is 40.1 Å². The first-order chi connectivity index (χ1) is 12.2. The second-order valence-corrected chi connectivity index (χ2v) is 5.84. The number of benzene rings is 1. The molecule has 0 spiro atoms. The molecule has 1 aliphatic heterocycles. The third-order valence-corrected chi connectivity index (χ3v) is 4.12. The Morgan fingerprint density at radius 2 is 2.16 bits per heavy atom. The Morgan fingerprint density at radius 1 is 1.32 bits per heavy atom. The van der Waals surface area contributed by atoms with Crippen molar-refractivity contribution in [1.29, 1.82) is 5.26 Å². The Balaban J connectivity index is 1.32. The normalized spacial score (nSPS) is 14.1. The number of hydrogen-bond donors (Lipinski definition) is 0.